The number of ether oxygens (including phenoxy) is 1. The van der Waals surface area contributed by atoms with Crippen molar-refractivity contribution in [2.24, 2.45) is 0 Å². The Morgan fingerprint density at radius 2 is 1.97 bits per heavy atom. The molecule has 0 bridgehead atoms. The molecule has 3 heterocycles. The van der Waals surface area contributed by atoms with Crippen LogP contribution in [0.3, 0.4) is 0 Å². The number of carbonyl (C=O) groups excluding carboxylic acids is 1. The number of carbonyl (C=O) groups is 1. The fourth-order valence-electron chi connectivity index (χ4n) is 3.22. The highest BCUT2D eigenvalue weighted by molar-refractivity contribution is 6.32. The number of rotatable bonds is 8. The van der Waals surface area contributed by atoms with Crippen LogP contribution in [0, 0.1) is 6.92 Å². The van der Waals surface area contributed by atoms with E-state index in [1.807, 2.05) is 50.2 Å². The number of hydrogen-bond donors (Lipinski definition) is 1. The van der Waals surface area contributed by atoms with E-state index in [9.17, 15) is 4.79 Å². The van der Waals surface area contributed by atoms with Gasteiger partial charge in [0.25, 0.3) is 5.91 Å². The molecule has 4 rings (SSSR count). The lowest BCUT2D eigenvalue weighted by Gasteiger charge is -2.20. The first kappa shape index (κ1) is 22.6. The van der Waals surface area contributed by atoms with Crippen LogP contribution in [0.5, 0.6) is 5.88 Å². The molecule has 0 saturated heterocycles. The van der Waals surface area contributed by atoms with Gasteiger partial charge in [-0.25, -0.2) is 19.6 Å². The predicted molar refractivity (Wildman–Crippen MR) is 127 cm³/mol. The monoisotopic (exact) mass is 465 g/mol. The Labute approximate surface area is 196 Å². The number of aryl methyl sites for hydroxylation is 1. The van der Waals surface area contributed by atoms with Gasteiger partial charge in [-0.15, -0.1) is 0 Å². The molecule has 170 valence electrons. The van der Waals surface area contributed by atoms with E-state index in [2.05, 4.69) is 25.4 Å². The van der Waals surface area contributed by atoms with Crippen LogP contribution in [0.15, 0.2) is 55.1 Å². The van der Waals surface area contributed by atoms with Gasteiger partial charge in [0.05, 0.1) is 16.9 Å². The van der Waals surface area contributed by atoms with Gasteiger partial charge in [-0.2, -0.15) is 5.10 Å². The fraction of sp³-hybridized carbons (Fsp3) is 0.261. The van der Waals surface area contributed by atoms with Crippen LogP contribution in [-0.2, 0) is 4.79 Å². The van der Waals surface area contributed by atoms with Gasteiger partial charge in [0.15, 0.2) is 11.8 Å². The summed E-state index contributed by atoms with van der Waals surface area (Å²) >= 11 is 6.34. The van der Waals surface area contributed by atoms with Gasteiger partial charge < -0.3 is 15.0 Å². The number of fused-ring (bicyclic) bond motifs is 1. The first-order valence-corrected chi connectivity index (χ1v) is 10.8. The Hall–Kier alpha value is -3.56. The zero-order valence-electron chi connectivity index (χ0n) is 18.6. The summed E-state index contributed by atoms with van der Waals surface area (Å²) < 4.78 is 7.73. The topological polar surface area (TPSA) is 98.1 Å². The van der Waals surface area contributed by atoms with Crippen molar-refractivity contribution in [2.45, 2.75) is 19.4 Å². The number of benzene rings is 1. The Balaban J connectivity index is 1.62. The van der Waals surface area contributed by atoms with Crippen molar-refractivity contribution < 1.29 is 9.53 Å². The van der Waals surface area contributed by atoms with Crippen molar-refractivity contribution >= 4 is 34.4 Å². The van der Waals surface area contributed by atoms with Crippen LogP contribution in [-0.4, -0.2) is 62.3 Å². The summed E-state index contributed by atoms with van der Waals surface area (Å²) in [5, 5.41) is 8.36. The maximum atomic E-state index is 13.0. The Morgan fingerprint density at radius 3 is 2.70 bits per heavy atom. The number of hydrogen-bond acceptors (Lipinski definition) is 7. The highest BCUT2D eigenvalue weighted by atomic mass is 35.5. The van der Waals surface area contributed by atoms with Gasteiger partial charge in [-0.05, 0) is 44.8 Å². The SMILES string of the molecule is Cc1ccc(NC(=O)[C@H](CCN(C)C)Oc2ncnc3c2cnn3-c2ccccc2Cl)nc1. The summed E-state index contributed by atoms with van der Waals surface area (Å²) in [6, 6.07) is 11.0. The van der Waals surface area contributed by atoms with Crippen LogP contribution in [0.4, 0.5) is 5.82 Å². The minimum Gasteiger partial charge on any atom is -0.464 e. The number of anilines is 1. The summed E-state index contributed by atoms with van der Waals surface area (Å²) in [5.41, 5.74) is 2.22. The maximum absolute atomic E-state index is 13.0. The lowest BCUT2D eigenvalue weighted by molar-refractivity contribution is -0.123. The maximum Gasteiger partial charge on any atom is 0.266 e. The van der Waals surface area contributed by atoms with Crippen molar-refractivity contribution in [3.05, 3.63) is 65.7 Å². The molecule has 1 atom stereocenters. The van der Waals surface area contributed by atoms with Crippen molar-refractivity contribution in [3.8, 4) is 11.6 Å². The van der Waals surface area contributed by atoms with Crippen LogP contribution < -0.4 is 10.1 Å². The van der Waals surface area contributed by atoms with E-state index < -0.39 is 6.10 Å². The lowest BCUT2D eigenvalue weighted by Crippen LogP contribution is -2.36. The van der Waals surface area contributed by atoms with Gasteiger partial charge in [0.1, 0.15) is 17.5 Å². The first-order chi connectivity index (χ1) is 15.9. The van der Waals surface area contributed by atoms with Crippen molar-refractivity contribution in [1.29, 1.82) is 0 Å². The second-order valence-electron chi connectivity index (χ2n) is 7.83. The molecule has 1 aromatic carbocycles. The third-order valence-electron chi connectivity index (χ3n) is 4.96. The third kappa shape index (κ3) is 5.27. The van der Waals surface area contributed by atoms with Crippen LogP contribution >= 0.6 is 11.6 Å². The van der Waals surface area contributed by atoms with E-state index in [0.717, 1.165) is 5.56 Å². The predicted octanol–water partition coefficient (Wildman–Crippen LogP) is 3.51. The molecule has 0 aliphatic rings. The second-order valence-corrected chi connectivity index (χ2v) is 8.24. The molecular weight excluding hydrogens is 442 g/mol. The van der Waals surface area contributed by atoms with Crippen LogP contribution in [0.1, 0.15) is 12.0 Å². The van der Waals surface area contributed by atoms with Crippen LogP contribution in [0.25, 0.3) is 16.7 Å². The molecule has 33 heavy (non-hydrogen) atoms. The number of nitrogens with zero attached hydrogens (tertiary/aromatic N) is 6. The number of halogens is 1. The smallest absolute Gasteiger partial charge is 0.266 e. The molecule has 0 saturated carbocycles. The molecule has 9 nitrogen and oxygen atoms in total. The van der Waals surface area contributed by atoms with Crippen molar-refractivity contribution in [1.82, 2.24) is 29.6 Å². The zero-order valence-corrected chi connectivity index (χ0v) is 19.3. The van der Waals surface area contributed by atoms with E-state index in [1.165, 1.54) is 6.33 Å². The molecule has 0 aliphatic heterocycles. The second kappa shape index (κ2) is 9.93. The number of pyridine rings is 1. The molecule has 0 fully saturated rings. The molecule has 0 aliphatic carbocycles. The number of amides is 1. The highest BCUT2D eigenvalue weighted by Gasteiger charge is 2.24. The standard InChI is InChI=1S/C23H24ClN7O2/c1-15-8-9-20(25-12-15)29-22(32)19(10-11-30(2)3)33-23-16-13-28-31(21(16)26-14-27-23)18-7-5-4-6-17(18)24/h4-9,12-14,19H,10-11H2,1-3H3,(H,25,29,32)/t19-/m0/s1. The summed E-state index contributed by atoms with van der Waals surface area (Å²) in [4.78, 5) is 27.9. The van der Waals surface area contributed by atoms with Gasteiger partial charge in [0, 0.05) is 19.2 Å². The van der Waals surface area contributed by atoms with Gasteiger partial charge >= 0.3 is 0 Å². The van der Waals surface area contributed by atoms with Gasteiger partial charge in [0.2, 0.25) is 5.88 Å². The first-order valence-electron chi connectivity index (χ1n) is 10.4. The average molecular weight is 466 g/mol. The minimum absolute atomic E-state index is 0.272. The van der Waals surface area contributed by atoms with Gasteiger partial charge in [-0.3, -0.25) is 4.79 Å². The highest BCUT2D eigenvalue weighted by Crippen LogP contribution is 2.27. The normalized spacial score (nSPS) is 12.2. The number of para-hydroxylation sites is 1. The third-order valence-corrected chi connectivity index (χ3v) is 5.28. The average Bonchev–Trinajstić information content (AvgIpc) is 3.23. The van der Waals surface area contributed by atoms with Crippen molar-refractivity contribution in [3.63, 3.8) is 0 Å². The molecule has 4 aromatic rings. The van der Waals surface area contributed by atoms with Gasteiger partial charge in [-0.1, -0.05) is 29.8 Å². The van der Waals surface area contributed by atoms with E-state index in [-0.39, 0.29) is 11.8 Å². The molecule has 1 N–H and O–H groups in total. The molecule has 0 unspecified atom stereocenters. The number of nitrogens with one attached hydrogen (secondary N) is 1. The fourth-order valence-corrected chi connectivity index (χ4v) is 3.43. The molecule has 3 aromatic heterocycles. The largest absolute Gasteiger partial charge is 0.464 e. The number of aromatic nitrogens is 5. The minimum atomic E-state index is -0.794. The molecule has 1 amide bonds. The molecule has 0 radical (unpaired) electrons. The molecule has 0 spiro atoms. The van der Waals surface area contributed by atoms with Crippen LogP contribution in [0.2, 0.25) is 5.02 Å². The quantitative estimate of drug-likeness (QED) is 0.425. The summed E-state index contributed by atoms with van der Waals surface area (Å²) in [5.74, 6) is 0.427. The van der Waals surface area contributed by atoms with E-state index in [0.29, 0.717) is 40.5 Å². The van der Waals surface area contributed by atoms with Crippen molar-refractivity contribution in [2.75, 3.05) is 26.0 Å². The Morgan fingerprint density at radius 1 is 1.15 bits per heavy atom. The summed E-state index contributed by atoms with van der Waals surface area (Å²) in [6.45, 7) is 2.58. The van der Waals surface area contributed by atoms with E-state index >= 15 is 0 Å². The molecular formula is C23H24ClN7O2. The summed E-state index contributed by atoms with van der Waals surface area (Å²) in [7, 11) is 3.88. The lowest BCUT2D eigenvalue weighted by atomic mass is 10.2. The zero-order chi connectivity index (χ0) is 23.4. The molecule has 10 heteroatoms. The van der Waals surface area contributed by atoms with E-state index in [1.54, 1.807) is 29.2 Å². The van der Waals surface area contributed by atoms with E-state index in [4.69, 9.17) is 16.3 Å². The Kier molecular flexibility index (Phi) is 6.81. The summed E-state index contributed by atoms with van der Waals surface area (Å²) in [6.07, 6.45) is 4.35. The Bertz CT molecular complexity index is 1260.